The van der Waals surface area contributed by atoms with Crippen molar-refractivity contribution in [3.8, 4) is 0 Å². The number of hydrogen-bond acceptors (Lipinski definition) is 3. The molecule has 3 rings (SSSR count). The van der Waals surface area contributed by atoms with Gasteiger partial charge in [0.15, 0.2) is 5.82 Å². The molecule has 1 aliphatic rings. The minimum absolute atomic E-state index is 0.0555. The molecule has 1 amide bonds. The number of amides is 1. The second kappa shape index (κ2) is 5.88. The SMILES string of the molecule is O=C(Nc1cn(Cc2ccccc2)cn1)C1CCNC1. The lowest BCUT2D eigenvalue weighted by Gasteiger charge is -2.07. The highest BCUT2D eigenvalue weighted by Crippen LogP contribution is 2.12. The minimum Gasteiger partial charge on any atom is -0.331 e. The maximum Gasteiger partial charge on any atom is 0.230 e. The van der Waals surface area contributed by atoms with Gasteiger partial charge in [0.1, 0.15) is 0 Å². The molecule has 1 unspecified atom stereocenters. The fourth-order valence-electron chi connectivity index (χ4n) is 2.41. The third kappa shape index (κ3) is 3.05. The van der Waals surface area contributed by atoms with Gasteiger partial charge in [-0.2, -0.15) is 0 Å². The van der Waals surface area contributed by atoms with Crippen LogP contribution in [0.5, 0.6) is 0 Å². The smallest absolute Gasteiger partial charge is 0.230 e. The molecule has 0 spiro atoms. The highest BCUT2D eigenvalue weighted by Gasteiger charge is 2.22. The normalized spacial score (nSPS) is 18.1. The summed E-state index contributed by atoms with van der Waals surface area (Å²) in [5.41, 5.74) is 1.21. The molecule has 0 bridgehead atoms. The Balaban J connectivity index is 1.60. The Kier molecular flexibility index (Phi) is 3.78. The van der Waals surface area contributed by atoms with Gasteiger partial charge in [0, 0.05) is 19.3 Å². The van der Waals surface area contributed by atoms with Gasteiger partial charge < -0.3 is 15.2 Å². The van der Waals surface area contributed by atoms with Crippen LogP contribution in [0.2, 0.25) is 0 Å². The van der Waals surface area contributed by atoms with Crippen LogP contribution in [-0.2, 0) is 11.3 Å². The monoisotopic (exact) mass is 270 g/mol. The molecule has 104 valence electrons. The van der Waals surface area contributed by atoms with E-state index in [9.17, 15) is 4.79 Å². The molecule has 1 aromatic carbocycles. The van der Waals surface area contributed by atoms with Crippen LogP contribution in [0, 0.1) is 5.92 Å². The molecule has 5 nitrogen and oxygen atoms in total. The maximum absolute atomic E-state index is 12.0. The van der Waals surface area contributed by atoms with E-state index in [1.165, 1.54) is 5.56 Å². The molecule has 2 aromatic rings. The van der Waals surface area contributed by atoms with Crippen LogP contribution < -0.4 is 10.6 Å². The van der Waals surface area contributed by atoms with E-state index in [-0.39, 0.29) is 11.8 Å². The van der Waals surface area contributed by atoms with Gasteiger partial charge in [-0.25, -0.2) is 4.98 Å². The Morgan fingerprint density at radius 3 is 3.00 bits per heavy atom. The Bertz CT molecular complexity index is 573. The van der Waals surface area contributed by atoms with Gasteiger partial charge in [0.05, 0.1) is 12.2 Å². The quantitative estimate of drug-likeness (QED) is 0.884. The number of benzene rings is 1. The highest BCUT2D eigenvalue weighted by molar-refractivity contribution is 5.91. The predicted molar refractivity (Wildman–Crippen MR) is 77.4 cm³/mol. The van der Waals surface area contributed by atoms with Crippen LogP contribution in [0.3, 0.4) is 0 Å². The van der Waals surface area contributed by atoms with Gasteiger partial charge in [-0.05, 0) is 18.5 Å². The van der Waals surface area contributed by atoms with Gasteiger partial charge in [0.2, 0.25) is 5.91 Å². The minimum atomic E-state index is 0.0555. The van der Waals surface area contributed by atoms with Gasteiger partial charge in [0.25, 0.3) is 0 Å². The molecule has 2 N–H and O–H groups in total. The number of imidazole rings is 1. The van der Waals surface area contributed by atoms with Crippen molar-refractivity contribution in [1.82, 2.24) is 14.9 Å². The topological polar surface area (TPSA) is 59.0 Å². The van der Waals surface area contributed by atoms with Crippen LogP contribution >= 0.6 is 0 Å². The van der Waals surface area contributed by atoms with Crippen LogP contribution in [-0.4, -0.2) is 28.5 Å². The first kappa shape index (κ1) is 12.9. The number of carbonyl (C=O) groups excluding carboxylic acids is 1. The van der Waals surface area contributed by atoms with Crippen molar-refractivity contribution in [3.05, 3.63) is 48.4 Å². The number of hydrogen-bond donors (Lipinski definition) is 2. The van der Waals surface area contributed by atoms with Crippen molar-refractivity contribution in [2.45, 2.75) is 13.0 Å². The second-order valence-corrected chi connectivity index (χ2v) is 5.10. The van der Waals surface area contributed by atoms with E-state index in [2.05, 4.69) is 27.8 Å². The molecule has 1 aliphatic heterocycles. The number of carbonyl (C=O) groups is 1. The highest BCUT2D eigenvalue weighted by atomic mass is 16.2. The van der Waals surface area contributed by atoms with Gasteiger partial charge in [-0.3, -0.25) is 4.79 Å². The molecule has 1 aromatic heterocycles. The lowest BCUT2D eigenvalue weighted by atomic mass is 10.1. The maximum atomic E-state index is 12.0. The molecule has 0 aliphatic carbocycles. The van der Waals surface area contributed by atoms with E-state index in [4.69, 9.17) is 0 Å². The Labute approximate surface area is 118 Å². The molecule has 20 heavy (non-hydrogen) atoms. The summed E-state index contributed by atoms with van der Waals surface area (Å²) < 4.78 is 1.97. The molecule has 0 radical (unpaired) electrons. The molecule has 1 fully saturated rings. The largest absolute Gasteiger partial charge is 0.331 e. The van der Waals surface area contributed by atoms with E-state index in [0.29, 0.717) is 5.82 Å². The third-order valence-corrected chi connectivity index (χ3v) is 3.52. The zero-order valence-corrected chi connectivity index (χ0v) is 11.2. The number of nitrogens with zero attached hydrogens (tertiary/aromatic N) is 2. The summed E-state index contributed by atoms with van der Waals surface area (Å²) in [5, 5.41) is 6.07. The molecule has 1 saturated heterocycles. The first-order valence-electron chi connectivity index (χ1n) is 6.88. The summed E-state index contributed by atoms with van der Waals surface area (Å²) in [5.74, 6) is 0.743. The van der Waals surface area contributed by atoms with Gasteiger partial charge in [-0.1, -0.05) is 30.3 Å². The predicted octanol–water partition coefficient (Wildman–Crippen LogP) is 1.48. The standard InChI is InChI=1S/C15H18N4O/c20-15(13-6-7-16-8-13)18-14-10-19(11-17-14)9-12-4-2-1-3-5-12/h1-5,10-11,13,16H,6-9H2,(H,18,20). The zero-order chi connectivity index (χ0) is 13.8. The Morgan fingerprint density at radius 1 is 1.40 bits per heavy atom. The summed E-state index contributed by atoms with van der Waals surface area (Å²) in [7, 11) is 0. The summed E-state index contributed by atoms with van der Waals surface area (Å²) in [6.07, 6.45) is 4.51. The van der Waals surface area contributed by atoms with Crippen molar-refractivity contribution in [2.24, 2.45) is 5.92 Å². The fraction of sp³-hybridized carbons (Fsp3) is 0.333. The van der Waals surface area contributed by atoms with Gasteiger partial charge in [-0.15, -0.1) is 0 Å². The first-order chi connectivity index (χ1) is 9.81. The van der Waals surface area contributed by atoms with E-state index in [0.717, 1.165) is 26.1 Å². The molecular formula is C15H18N4O. The summed E-state index contributed by atoms with van der Waals surface area (Å²) in [6, 6.07) is 10.2. The van der Waals surface area contributed by atoms with Crippen molar-refractivity contribution >= 4 is 11.7 Å². The fourth-order valence-corrected chi connectivity index (χ4v) is 2.41. The number of rotatable bonds is 4. The van der Waals surface area contributed by atoms with E-state index >= 15 is 0 Å². The van der Waals surface area contributed by atoms with Crippen LogP contribution in [0.25, 0.3) is 0 Å². The molecular weight excluding hydrogens is 252 g/mol. The number of anilines is 1. The van der Waals surface area contributed by atoms with E-state index in [1.807, 2.05) is 29.0 Å². The Hall–Kier alpha value is -2.14. The zero-order valence-electron chi connectivity index (χ0n) is 11.2. The number of aromatic nitrogens is 2. The van der Waals surface area contributed by atoms with Crippen molar-refractivity contribution in [2.75, 3.05) is 18.4 Å². The van der Waals surface area contributed by atoms with Crippen molar-refractivity contribution in [1.29, 1.82) is 0 Å². The first-order valence-corrected chi connectivity index (χ1v) is 6.88. The van der Waals surface area contributed by atoms with E-state index < -0.39 is 0 Å². The van der Waals surface area contributed by atoms with E-state index in [1.54, 1.807) is 6.33 Å². The lowest BCUT2D eigenvalue weighted by molar-refractivity contribution is -0.119. The lowest BCUT2D eigenvalue weighted by Crippen LogP contribution is -2.24. The summed E-state index contributed by atoms with van der Waals surface area (Å²) >= 11 is 0. The van der Waals surface area contributed by atoms with Crippen LogP contribution in [0.1, 0.15) is 12.0 Å². The van der Waals surface area contributed by atoms with Crippen LogP contribution in [0.4, 0.5) is 5.82 Å². The second-order valence-electron chi connectivity index (χ2n) is 5.10. The summed E-state index contributed by atoms with van der Waals surface area (Å²) in [4.78, 5) is 16.2. The van der Waals surface area contributed by atoms with Crippen LogP contribution in [0.15, 0.2) is 42.9 Å². The molecule has 5 heteroatoms. The Morgan fingerprint density at radius 2 is 2.25 bits per heavy atom. The average Bonchev–Trinajstić information content (AvgIpc) is 3.11. The third-order valence-electron chi connectivity index (χ3n) is 3.52. The molecule has 2 heterocycles. The van der Waals surface area contributed by atoms with Gasteiger partial charge >= 0.3 is 0 Å². The summed E-state index contributed by atoms with van der Waals surface area (Å²) in [6.45, 7) is 2.44. The average molecular weight is 270 g/mol. The van der Waals surface area contributed by atoms with Crippen molar-refractivity contribution < 1.29 is 4.79 Å². The van der Waals surface area contributed by atoms with Crippen molar-refractivity contribution in [3.63, 3.8) is 0 Å². The molecule has 1 atom stereocenters. The molecule has 0 saturated carbocycles. The number of nitrogens with one attached hydrogen (secondary N) is 2.